The maximum absolute atomic E-state index is 4.63. The molecule has 0 spiro atoms. The number of nitrogens with one attached hydrogen (secondary N) is 2. The van der Waals surface area contributed by atoms with Crippen LogP contribution < -0.4 is 15.5 Å². The molecule has 0 bridgehead atoms. The van der Waals surface area contributed by atoms with Crippen LogP contribution in [-0.4, -0.2) is 39.2 Å². The van der Waals surface area contributed by atoms with Crippen molar-refractivity contribution in [1.82, 2.24) is 10.6 Å². The second-order valence-electron chi connectivity index (χ2n) is 5.70. The smallest absolute Gasteiger partial charge is 0.191 e. The molecule has 0 radical (unpaired) electrons. The molecule has 1 saturated carbocycles. The molecule has 0 unspecified atom stereocenters. The molecule has 2 N–H and O–H groups in total. The zero-order chi connectivity index (χ0) is 14.9. The second-order valence-corrected chi connectivity index (χ2v) is 5.70. The molecule has 4 nitrogen and oxygen atoms in total. The summed E-state index contributed by atoms with van der Waals surface area (Å²) in [5, 5.41) is 6.73. The Hall–Kier alpha value is -1.71. The van der Waals surface area contributed by atoms with Gasteiger partial charge in [0.2, 0.25) is 0 Å². The second kappa shape index (κ2) is 8.55. The first-order valence-corrected chi connectivity index (χ1v) is 8.08. The summed E-state index contributed by atoms with van der Waals surface area (Å²) in [4.78, 5) is 6.92. The third-order valence-corrected chi connectivity index (χ3v) is 3.71. The van der Waals surface area contributed by atoms with Gasteiger partial charge in [0.25, 0.3) is 0 Å². The van der Waals surface area contributed by atoms with Gasteiger partial charge in [-0.2, -0.15) is 0 Å². The van der Waals surface area contributed by atoms with Crippen molar-refractivity contribution in [2.24, 2.45) is 10.9 Å². The fourth-order valence-corrected chi connectivity index (χ4v) is 2.20. The quantitative estimate of drug-likeness (QED) is 0.438. The topological polar surface area (TPSA) is 39.7 Å². The maximum Gasteiger partial charge on any atom is 0.191 e. The highest BCUT2D eigenvalue weighted by Crippen LogP contribution is 2.28. The van der Waals surface area contributed by atoms with E-state index in [2.05, 4.69) is 64.8 Å². The third kappa shape index (κ3) is 6.06. The van der Waals surface area contributed by atoms with Gasteiger partial charge in [0.05, 0.1) is 0 Å². The van der Waals surface area contributed by atoms with Crippen LogP contribution >= 0.6 is 0 Å². The highest BCUT2D eigenvalue weighted by Gasteiger charge is 2.20. The Morgan fingerprint density at radius 2 is 2.00 bits per heavy atom. The molecular formula is C17H28N4. The lowest BCUT2D eigenvalue weighted by Gasteiger charge is -2.19. The van der Waals surface area contributed by atoms with Crippen molar-refractivity contribution in [1.29, 1.82) is 0 Å². The minimum atomic E-state index is 0.838. The van der Waals surface area contributed by atoms with Crippen molar-refractivity contribution in [3.05, 3.63) is 30.3 Å². The molecule has 1 aromatic rings. The van der Waals surface area contributed by atoms with Gasteiger partial charge in [-0.3, -0.25) is 4.99 Å². The van der Waals surface area contributed by atoms with Crippen LogP contribution in [0.3, 0.4) is 0 Å². The van der Waals surface area contributed by atoms with E-state index in [0.717, 1.165) is 44.5 Å². The van der Waals surface area contributed by atoms with Gasteiger partial charge in [-0.05, 0) is 44.2 Å². The van der Waals surface area contributed by atoms with Crippen LogP contribution in [0.1, 0.15) is 26.2 Å². The average Bonchev–Trinajstić information content (AvgIpc) is 3.34. The van der Waals surface area contributed by atoms with Gasteiger partial charge in [0, 0.05) is 38.9 Å². The first-order chi connectivity index (χ1) is 10.3. The molecule has 1 fully saturated rings. The van der Waals surface area contributed by atoms with Crippen molar-refractivity contribution >= 4 is 11.6 Å². The molecule has 0 aromatic heterocycles. The number of guanidine groups is 1. The van der Waals surface area contributed by atoms with Crippen molar-refractivity contribution < 1.29 is 0 Å². The molecular weight excluding hydrogens is 260 g/mol. The third-order valence-electron chi connectivity index (χ3n) is 3.71. The van der Waals surface area contributed by atoms with Crippen molar-refractivity contribution in [2.75, 3.05) is 38.1 Å². The van der Waals surface area contributed by atoms with Crippen LogP contribution in [0.4, 0.5) is 5.69 Å². The largest absolute Gasteiger partial charge is 0.375 e. The molecule has 21 heavy (non-hydrogen) atoms. The summed E-state index contributed by atoms with van der Waals surface area (Å²) in [6.45, 7) is 5.99. The van der Waals surface area contributed by atoms with Gasteiger partial charge in [0.15, 0.2) is 5.96 Å². The van der Waals surface area contributed by atoms with Gasteiger partial charge in [-0.25, -0.2) is 0 Å². The SMILES string of the molecule is CCNC(=NCC1CC1)NCCCN(C)c1ccccc1. The number of hydrogen-bond donors (Lipinski definition) is 2. The van der Waals surface area contributed by atoms with Crippen LogP contribution in [0, 0.1) is 5.92 Å². The van der Waals surface area contributed by atoms with Gasteiger partial charge < -0.3 is 15.5 Å². The highest BCUT2D eigenvalue weighted by molar-refractivity contribution is 5.79. The number of para-hydroxylation sites is 1. The molecule has 1 aliphatic rings. The normalized spacial score (nSPS) is 14.9. The van der Waals surface area contributed by atoms with E-state index >= 15 is 0 Å². The van der Waals surface area contributed by atoms with E-state index in [-0.39, 0.29) is 0 Å². The number of hydrogen-bond acceptors (Lipinski definition) is 2. The van der Waals surface area contributed by atoms with Gasteiger partial charge in [-0.1, -0.05) is 18.2 Å². The molecule has 0 saturated heterocycles. The predicted molar refractivity (Wildman–Crippen MR) is 91.0 cm³/mol. The van der Waals surface area contributed by atoms with E-state index in [9.17, 15) is 0 Å². The molecule has 116 valence electrons. The zero-order valence-electron chi connectivity index (χ0n) is 13.3. The molecule has 0 aliphatic heterocycles. The zero-order valence-corrected chi connectivity index (χ0v) is 13.3. The van der Waals surface area contributed by atoms with E-state index in [0.29, 0.717) is 0 Å². The lowest BCUT2D eigenvalue weighted by molar-refractivity contribution is 0.725. The molecule has 0 amide bonds. The lowest BCUT2D eigenvalue weighted by Crippen LogP contribution is -2.38. The Morgan fingerprint density at radius 1 is 1.24 bits per heavy atom. The summed E-state index contributed by atoms with van der Waals surface area (Å²) < 4.78 is 0. The molecule has 1 aromatic carbocycles. The highest BCUT2D eigenvalue weighted by atomic mass is 15.2. The molecule has 2 rings (SSSR count). The number of nitrogens with zero attached hydrogens (tertiary/aromatic N) is 2. The molecule has 0 atom stereocenters. The van der Waals surface area contributed by atoms with Gasteiger partial charge in [-0.15, -0.1) is 0 Å². The average molecular weight is 288 g/mol. The summed E-state index contributed by atoms with van der Waals surface area (Å²) in [5.74, 6) is 1.80. The lowest BCUT2D eigenvalue weighted by atomic mass is 10.3. The Balaban J connectivity index is 1.65. The van der Waals surface area contributed by atoms with E-state index in [1.54, 1.807) is 0 Å². The Kier molecular flexibility index (Phi) is 6.38. The van der Waals surface area contributed by atoms with Crippen LogP contribution in [0.5, 0.6) is 0 Å². The minimum Gasteiger partial charge on any atom is -0.375 e. The first-order valence-electron chi connectivity index (χ1n) is 8.08. The summed E-state index contributed by atoms with van der Waals surface area (Å²) in [6.07, 6.45) is 3.80. The standard InChI is InChI=1S/C17H28N4/c1-3-18-17(20-14-15-10-11-15)19-12-7-13-21(2)16-8-5-4-6-9-16/h4-6,8-9,15H,3,7,10-14H2,1-2H3,(H2,18,19,20). The van der Waals surface area contributed by atoms with E-state index in [1.165, 1.54) is 18.5 Å². The van der Waals surface area contributed by atoms with Crippen molar-refractivity contribution in [3.63, 3.8) is 0 Å². The molecule has 1 aliphatic carbocycles. The van der Waals surface area contributed by atoms with Gasteiger partial charge >= 0.3 is 0 Å². The van der Waals surface area contributed by atoms with E-state index < -0.39 is 0 Å². The summed E-state index contributed by atoms with van der Waals surface area (Å²) >= 11 is 0. The number of anilines is 1. The molecule has 0 heterocycles. The van der Waals surface area contributed by atoms with E-state index in [1.807, 2.05) is 0 Å². The Labute approximate surface area is 128 Å². The fourth-order valence-electron chi connectivity index (χ4n) is 2.20. The molecule has 4 heteroatoms. The number of aliphatic imine (C=N–C) groups is 1. The monoisotopic (exact) mass is 288 g/mol. The fraction of sp³-hybridized carbons (Fsp3) is 0.588. The van der Waals surface area contributed by atoms with Crippen LogP contribution in [0.2, 0.25) is 0 Å². The minimum absolute atomic E-state index is 0.838. The number of benzene rings is 1. The van der Waals surface area contributed by atoms with Gasteiger partial charge in [0.1, 0.15) is 0 Å². The number of rotatable bonds is 8. The summed E-state index contributed by atoms with van der Waals surface area (Å²) in [7, 11) is 2.14. The van der Waals surface area contributed by atoms with Crippen molar-refractivity contribution in [2.45, 2.75) is 26.2 Å². The van der Waals surface area contributed by atoms with Crippen LogP contribution in [0.25, 0.3) is 0 Å². The van der Waals surface area contributed by atoms with Crippen LogP contribution in [-0.2, 0) is 0 Å². The first kappa shape index (κ1) is 15.7. The predicted octanol–water partition coefficient (Wildman–Crippen LogP) is 2.48. The Morgan fingerprint density at radius 3 is 2.67 bits per heavy atom. The summed E-state index contributed by atoms with van der Waals surface area (Å²) in [5.41, 5.74) is 1.27. The summed E-state index contributed by atoms with van der Waals surface area (Å²) in [6, 6.07) is 10.5. The van der Waals surface area contributed by atoms with Crippen LogP contribution in [0.15, 0.2) is 35.3 Å². The Bertz CT molecular complexity index is 426. The van der Waals surface area contributed by atoms with Crippen molar-refractivity contribution in [3.8, 4) is 0 Å². The van der Waals surface area contributed by atoms with E-state index in [4.69, 9.17) is 0 Å². The maximum atomic E-state index is 4.63.